The molecule has 0 saturated carbocycles. The molecule has 2 aromatic heterocycles. The van der Waals surface area contributed by atoms with Gasteiger partial charge < -0.3 is 9.47 Å². The van der Waals surface area contributed by atoms with Crippen LogP contribution >= 0.6 is 27.5 Å². The Morgan fingerprint density at radius 2 is 1.50 bits per heavy atom. The van der Waals surface area contributed by atoms with E-state index in [-0.39, 0.29) is 11.1 Å². The highest BCUT2D eigenvalue weighted by Gasteiger charge is 2.35. The number of imidazole rings is 1. The first kappa shape index (κ1) is 23.9. The molecule has 3 aromatic rings. The van der Waals surface area contributed by atoms with Gasteiger partial charge in [-0.2, -0.15) is 9.97 Å². The SMILES string of the molecule is CC(C)(C)OC(=O)N(C(=O)OC(C)(C)C)c1nc(Cl)c2ncn(-c3ccc(Br)cc3)c2n1. The number of ether oxygens (including phenoxy) is 2. The van der Waals surface area contributed by atoms with Crippen molar-refractivity contribution < 1.29 is 19.1 Å². The number of fused-ring (bicyclic) bond motifs is 1. The molecule has 0 bridgehead atoms. The quantitative estimate of drug-likeness (QED) is 0.384. The molecule has 0 aliphatic heterocycles. The maximum atomic E-state index is 12.9. The summed E-state index contributed by atoms with van der Waals surface area (Å²) in [6.07, 6.45) is -0.447. The van der Waals surface area contributed by atoms with Crippen molar-refractivity contribution >= 4 is 56.8 Å². The van der Waals surface area contributed by atoms with E-state index in [2.05, 4.69) is 30.9 Å². The van der Waals surface area contributed by atoms with Crippen LogP contribution in [0.1, 0.15) is 41.5 Å². The Hall–Kier alpha value is -2.72. The summed E-state index contributed by atoms with van der Waals surface area (Å²) in [5.41, 5.74) is -0.377. The number of rotatable bonds is 2. The molecular weight excluding hydrogens is 502 g/mol. The molecular formula is C21H23BrClN5O4. The highest BCUT2D eigenvalue weighted by molar-refractivity contribution is 9.10. The maximum absolute atomic E-state index is 12.9. The second kappa shape index (κ2) is 8.67. The van der Waals surface area contributed by atoms with Crippen molar-refractivity contribution in [1.29, 1.82) is 0 Å². The average molecular weight is 525 g/mol. The third-order valence-corrected chi connectivity index (χ3v) is 4.59. The molecule has 1 aromatic carbocycles. The van der Waals surface area contributed by atoms with Crippen molar-refractivity contribution in [1.82, 2.24) is 19.5 Å². The number of carbonyl (C=O) groups is 2. The van der Waals surface area contributed by atoms with Crippen LogP contribution in [0.3, 0.4) is 0 Å². The molecule has 0 N–H and O–H groups in total. The van der Waals surface area contributed by atoms with Gasteiger partial charge in [0.25, 0.3) is 0 Å². The number of carbonyl (C=O) groups excluding carboxylic acids is 2. The summed E-state index contributed by atoms with van der Waals surface area (Å²) < 4.78 is 13.3. The van der Waals surface area contributed by atoms with Crippen LogP contribution in [0.5, 0.6) is 0 Å². The van der Waals surface area contributed by atoms with Gasteiger partial charge in [0, 0.05) is 10.2 Å². The second-order valence-electron chi connectivity index (χ2n) is 8.87. The minimum Gasteiger partial charge on any atom is -0.443 e. The number of anilines is 1. The number of amides is 2. The molecule has 2 amide bonds. The molecule has 0 aliphatic rings. The zero-order valence-electron chi connectivity index (χ0n) is 18.5. The van der Waals surface area contributed by atoms with Crippen molar-refractivity contribution in [3.63, 3.8) is 0 Å². The summed E-state index contributed by atoms with van der Waals surface area (Å²) in [5, 5.41) is -0.0296. The van der Waals surface area contributed by atoms with Crippen LogP contribution in [0, 0.1) is 0 Å². The van der Waals surface area contributed by atoms with E-state index in [1.165, 1.54) is 6.33 Å². The van der Waals surface area contributed by atoms with Crippen LogP contribution in [-0.2, 0) is 9.47 Å². The second-order valence-corrected chi connectivity index (χ2v) is 10.1. The van der Waals surface area contributed by atoms with Crippen molar-refractivity contribution in [3.05, 3.63) is 40.2 Å². The highest BCUT2D eigenvalue weighted by Crippen LogP contribution is 2.27. The number of imide groups is 1. The van der Waals surface area contributed by atoms with Crippen LogP contribution in [-0.4, -0.2) is 42.9 Å². The van der Waals surface area contributed by atoms with Crippen LogP contribution in [0.25, 0.3) is 16.9 Å². The van der Waals surface area contributed by atoms with Crippen molar-refractivity contribution in [3.8, 4) is 5.69 Å². The molecule has 0 unspecified atom stereocenters. The standard InChI is InChI=1S/C21H23BrClN5O4/c1-20(2,3)31-18(29)28(19(30)32-21(4,5)6)17-25-15(23)14-16(26-17)27(11-24-14)13-9-7-12(22)8-10-13/h7-11H,1-6H3. The molecule has 0 radical (unpaired) electrons. The molecule has 32 heavy (non-hydrogen) atoms. The Kier molecular flexibility index (Phi) is 6.48. The topological polar surface area (TPSA) is 99.4 Å². The van der Waals surface area contributed by atoms with Crippen molar-refractivity contribution in [2.24, 2.45) is 0 Å². The Balaban J connectivity index is 2.14. The van der Waals surface area contributed by atoms with Gasteiger partial charge in [0.1, 0.15) is 23.0 Å². The minimum absolute atomic E-state index is 0.0296. The fourth-order valence-electron chi connectivity index (χ4n) is 2.60. The summed E-state index contributed by atoms with van der Waals surface area (Å²) in [7, 11) is 0. The Bertz CT molecular complexity index is 1140. The Labute approximate surface area is 198 Å². The van der Waals surface area contributed by atoms with Crippen molar-refractivity contribution in [2.45, 2.75) is 52.7 Å². The van der Waals surface area contributed by atoms with E-state index in [0.29, 0.717) is 16.1 Å². The van der Waals surface area contributed by atoms with Gasteiger partial charge in [-0.25, -0.2) is 14.6 Å². The fraction of sp³-hybridized carbons (Fsp3) is 0.381. The predicted molar refractivity (Wildman–Crippen MR) is 124 cm³/mol. The van der Waals surface area contributed by atoms with Gasteiger partial charge in [0.15, 0.2) is 10.8 Å². The lowest BCUT2D eigenvalue weighted by Gasteiger charge is -2.27. The molecule has 2 heterocycles. The van der Waals surface area contributed by atoms with Crippen molar-refractivity contribution in [2.75, 3.05) is 4.90 Å². The summed E-state index contributed by atoms with van der Waals surface area (Å²) in [6.45, 7) is 10.1. The Morgan fingerprint density at radius 1 is 0.969 bits per heavy atom. The molecule has 0 aliphatic carbocycles. The first-order chi connectivity index (χ1) is 14.7. The smallest absolute Gasteiger partial charge is 0.427 e. The third kappa shape index (κ3) is 5.55. The summed E-state index contributed by atoms with van der Waals surface area (Å²) >= 11 is 9.74. The largest absolute Gasteiger partial charge is 0.443 e. The van der Waals surface area contributed by atoms with Gasteiger partial charge in [0.05, 0.1) is 0 Å². The normalized spacial score (nSPS) is 12.0. The predicted octanol–water partition coefficient (Wildman–Crippen LogP) is 5.91. The average Bonchev–Trinajstić information content (AvgIpc) is 3.04. The first-order valence-corrected chi connectivity index (χ1v) is 10.8. The molecule has 0 spiro atoms. The summed E-state index contributed by atoms with van der Waals surface area (Å²) in [5.74, 6) is -0.287. The molecule has 0 fully saturated rings. The molecule has 9 nitrogen and oxygen atoms in total. The molecule has 0 saturated heterocycles. The number of hydrogen-bond acceptors (Lipinski definition) is 7. The lowest BCUT2D eigenvalue weighted by atomic mass is 10.2. The monoisotopic (exact) mass is 523 g/mol. The summed E-state index contributed by atoms with van der Waals surface area (Å²) in [4.78, 5) is 39.3. The molecule has 11 heteroatoms. The molecule has 0 atom stereocenters. The zero-order valence-corrected chi connectivity index (χ0v) is 20.9. The number of hydrogen-bond donors (Lipinski definition) is 0. The van der Waals surface area contributed by atoms with E-state index in [1.54, 1.807) is 46.1 Å². The summed E-state index contributed by atoms with van der Waals surface area (Å²) in [6, 6.07) is 7.41. The van der Waals surface area contributed by atoms with Crippen LogP contribution in [0.2, 0.25) is 5.15 Å². The Morgan fingerprint density at radius 3 is 2.00 bits per heavy atom. The maximum Gasteiger partial charge on any atom is 0.427 e. The van der Waals surface area contributed by atoms with Gasteiger partial charge in [-0.05, 0) is 65.8 Å². The number of aromatic nitrogens is 4. The lowest BCUT2D eigenvalue weighted by molar-refractivity contribution is 0.0427. The zero-order chi connectivity index (χ0) is 23.8. The van der Waals surface area contributed by atoms with Crippen LogP contribution < -0.4 is 4.90 Å². The minimum atomic E-state index is -0.989. The van der Waals surface area contributed by atoms with Gasteiger partial charge in [-0.3, -0.25) is 4.57 Å². The fourth-order valence-corrected chi connectivity index (χ4v) is 3.07. The van der Waals surface area contributed by atoms with Gasteiger partial charge in [-0.1, -0.05) is 27.5 Å². The lowest BCUT2D eigenvalue weighted by Crippen LogP contribution is -2.44. The number of nitrogens with zero attached hydrogens (tertiary/aromatic N) is 5. The number of halogens is 2. The molecule has 3 rings (SSSR count). The van der Waals surface area contributed by atoms with Gasteiger partial charge in [-0.15, -0.1) is 4.90 Å². The van der Waals surface area contributed by atoms with E-state index in [4.69, 9.17) is 21.1 Å². The van der Waals surface area contributed by atoms with E-state index >= 15 is 0 Å². The third-order valence-electron chi connectivity index (χ3n) is 3.80. The molecule has 170 valence electrons. The highest BCUT2D eigenvalue weighted by atomic mass is 79.9. The number of benzene rings is 1. The van der Waals surface area contributed by atoms with Crippen LogP contribution in [0.15, 0.2) is 35.1 Å². The van der Waals surface area contributed by atoms with E-state index < -0.39 is 23.4 Å². The van der Waals surface area contributed by atoms with E-state index in [1.807, 2.05) is 24.3 Å². The van der Waals surface area contributed by atoms with Crippen LogP contribution in [0.4, 0.5) is 15.5 Å². The van der Waals surface area contributed by atoms with E-state index in [9.17, 15) is 9.59 Å². The van der Waals surface area contributed by atoms with E-state index in [0.717, 1.165) is 10.2 Å². The van der Waals surface area contributed by atoms with Gasteiger partial charge in [0.2, 0.25) is 5.95 Å². The van der Waals surface area contributed by atoms with Gasteiger partial charge >= 0.3 is 12.2 Å². The first-order valence-electron chi connectivity index (χ1n) is 9.68.